The van der Waals surface area contributed by atoms with Crippen LogP contribution in [0.2, 0.25) is 0 Å². The third kappa shape index (κ3) is 2.82. The third-order valence-corrected chi connectivity index (χ3v) is 4.02. The fraction of sp³-hybridized carbons (Fsp3) is 0.533. The van der Waals surface area contributed by atoms with E-state index in [4.69, 9.17) is 14.2 Å². The first-order valence-electron chi connectivity index (χ1n) is 7.10. The smallest absolute Gasteiger partial charge is 0.251 e. The summed E-state index contributed by atoms with van der Waals surface area (Å²) < 4.78 is 16.2. The number of amides is 1. The molecule has 2 heterocycles. The van der Waals surface area contributed by atoms with Crippen LogP contribution in [-0.4, -0.2) is 49.1 Å². The van der Waals surface area contributed by atoms with Crippen LogP contribution < -0.4 is 14.8 Å². The van der Waals surface area contributed by atoms with Gasteiger partial charge in [-0.05, 0) is 25.1 Å². The lowest BCUT2D eigenvalue weighted by Crippen LogP contribution is -2.47. The molecule has 2 atom stereocenters. The molecule has 2 unspecified atom stereocenters. The average Bonchev–Trinajstić information content (AvgIpc) is 2.84. The molecule has 0 aromatic heterocycles. The molecule has 6 nitrogen and oxygen atoms in total. The highest BCUT2D eigenvalue weighted by atomic mass is 16.6. The predicted molar refractivity (Wildman–Crippen MR) is 74.7 cm³/mol. The second-order valence-electron chi connectivity index (χ2n) is 5.41. The van der Waals surface area contributed by atoms with Crippen molar-refractivity contribution in [3.05, 3.63) is 23.8 Å². The van der Waals surface area contributed by atoms with Gasteiger partial charge in [0, 0.05) is 25.1 Å². The lowest BCUT2D eigenvalue weighted by Gasteiger charge is -2.26. The Morgan fingerprint density at radius 3 is 2.81 bits per heavy atom. The van der Waals surface area contributed by atoms with E-state index in [-0.39, 0.29) is 18.6 Å². The summed E-state index contributed by atoms with van der Waals surface area (Å²) in [6, 6.07) is 5.06. The predicted octanol–water partition coefficient (Wildman–Crippen LogP) is 0.727. The highest BCUT2D eigenvalue weighted by molar-refractivity contribution is 5.95. The first kappa shape index (κ1) is 14.2. The molecule has 1 fully saturated rings. The Hall–Kier alpha value is -1.79. The van der Waals surface area contributed by atoms with Crippen LogP contribution in [0.3, 0.4) is 0 Å². The Morgan fingerprint density at radius 2 is 2.10 bits per heavy atom. The topological polar surface area (TPSA) is 77.0 Å². The van der Waals surface area contributed by atoms with Gasteiger partial charge in [-0.2, -0.15) is 0 Å². The van der Waals surface area contributed by atoms with Crippen molar-refractivity contribution in [2.75, 3.05) is 26.4 Å². The fourth-order valence-corrected chi connectivity index (χ4v) is 2.52. The van der Waals surface area contributed by atoms with Gasteiger partial charge in [-0.15, -0.1) is 0 Å². The fourth-order valence-electron chi connectivity index (χ4n) is 2.52. The van der Waals surface area contributed by atoms with E-state index in [1.165, 1.54) is 0 Å². The molecule has 0 bridgehead atoms. The number of nitrogens with one attached hydrogen (secondary N) is 1. The van der Waals surface area contributed by atoms with Crippen molar-refractivity contribution < 1.29 is 24.1 Å². The van der Waals surface area contributed by atoms with Crippen molar-refractivity contribution in [2.45, 2.75) is 25.0 Å². The molecule has 6 heteroatoms. The highest BCUT2D eigenvalue weighted by Crippen LogP contribution is 2.31. The minimum atomic E-state index is -0.997. The van der Waals surface area contributed by atoms with Crippen molar-refractivity contribution in [3.8, 4) is 11.5 Å². The van der Waals surface area contributed by atoms with E-state index in [1.807, 2.05) is 6.92 Å². The zero-order valence-corrected chi connectivity index (χ0v) is 11.9. The molecular weight excluding hydrogens is 274 g/mol. The Morgan fingerprint density at radius 1 is 1.33 bits per heavy atom. The summed E-state index contributed by atoms with van der Waals surface area (Å²) >= 11 is 0. The molecule has 2 aliphatic heterocycles. The van der Waals surface area contributed by atoms with Gasteiger partial charge >= 0.3 is 0 Å². The SMILES string of the molecule is CC1OCCC1(O)CNC(=O)c1ccc2c(c1)OCCO2. The maximum Gasteiger partial charge on any atom is 0.251 e. The van der Waals surface area contributed by atoms with E-state index >= 15 is 0 Å². The molecule has 1 saturated heterocycles. The highest BCUT2D eigenvalue weighted by Gasteiger charge is 2.39. The summed E-state index contributed by atoms with van der Waals surface area (Å²) in [4.78, 5) is 12.2. The molecule has 114 valence electrons. The number of benzene rings is 1. The van der Waals surface area contributed by atoms with E-state index in [2.05, 4.69) is 5.32 Å². The zero-order valence-electron chi connectivity index (χ0n) is 11.9. The number of carbonyl (C=O) groups is 1. The minimum absolute atomic E-state index is 0.168. The minimum Gasteiger partial charge on any atom is -0.486 e. The molecule has 0 saturated carbocycles. The summed E-state index contributed by atoms with van der Waals surface area (Å²) in [5, 5.41) is 13.1. The zero-order chi connectivity index (χ0) is 14.9. The van der Waals surface area contributed by atoms with Gasteiger partial charge in [-0.1, -0.05) is 0 Å². The van der Waals surface area contributed by atoms with Crippen molar-refractivity contribution in [1.29, 1.82) is 0 Å². The molecule has 0 radical (unpaired) electrons. The Bertz CT molecular complexity index is 547. The van der Waals surface area contributed by atoms with Crippen LogP contribution in [0.25, 0.3) is 0 Å². The Balaban J connectivity index is 1.65. The summed E-state index contributed by atoms with van der Waals surface area (Å²) in [5.74, 6) is 0.971. The van der Waals surface area contributed by atoms with Crippen molar-refractivity contribution in [1.82, 2.24) is 5.32 Å². The summed E-state index contributed by atoms with van der Waals surface area (Å²) in [7, 11) is 0. The number of carbonyl (C=O) groups excluding carboxylic acids is 1. The van der Waals surface area contributed by atoms with Gasteiger partial charge in [-0.3, -0.25) is 4.79 Å². The Kier molecular flexibility index (Phi) is 3.73. The lowest BCUT2D eigenvalue weighted by atomic mass is 9.96. The molecular formula is C15H19NO5. The van der Waals surface area contributed by atoms with E-state index in [0.717, 1.165) is 0 Å². The first-order valence-corrected chi connectivity index (χ1v) is 7.10. The van der Waals surface area contributed by atoms with Crippen LogP contribution in [0.1, 0.15) is 23.7 Å². The lowest BCUT2D eigenvalue weighted by molar-refractivity contribution is -0.0251. The maximum absolute atomic E-state index is 12.2. The van der Waals surface area contributed by atoms with Crippen molar-refractivity contribution in [2.24, 2.45) is 0 Å². The molecule has 0 aliphatic carbocycles. The molecule has 2 N–H and O–H groups in total. The number of hydrogen-bond acceptors (Lipinski definition) is 5. The standard InChI is InChI=1S/C15H19NO5/c1-10-15(18,4-5-19-10)9-16-14(17)11-2-3-12-13(8-11)21-7-6-20-12/h2-3,8,10,18H,4-7,9H2,1H3,(H,16,17). The second-order valence-corrected chi connectivity index (χ2v) is 5.41. The van der Waals surface area contributed by atoms with Crippen molar-refractivity contribution in [3.63, 3.8) is 0 Å². The largest absolute Gasteiger partial charge is 0.486 e. The molecule has 3 rings (SSSR count). The van der Waals surface area contributed by atoms with Gasteiger partial charge in [-0.25, -0.2) is 0 Å². The number of ether oxygens (including phenoxy) is 3. The van der Waals surface area contributed by atoms with Crippen LogP contribution in [0, 0.1) is 0 Å². The number of aliphatic hydroxyl groups is 1. The van der Waals surface area contributed by atoms with E-state index in [9.17, 15) is 9.90 Å². The molecule has 21 heavy (non-hydrogen) atoms. The third-order valence-electron chi connectivity index (χ3n) is 4.02. The summed E-state index contributed by atoms with van der Waals surface area (Å²) in [6.45, 7) is 3.48. The number of fused-ring (bicyclic) bond motifs is 1. The van der Waals surface area contributed by atoms with Crippen LogP contribution >= 0.6 is 0 Å². The average molecular weight is 293 g/mol. The molecule has 0 spiro atoms. The van der Waals surface area contributed by atoms with E-state index in [1.54, 1.807) is 18.2 Å². The molecule has 1 amide bonds. The monoisotopic (exact) mass is 293 g/mol. The summed E-state index contributed by atoms with van der Waals surface area (Å²) in [5.41, 5.74) is -0.516. The summed E-state index contributed by atoms with van der Waals surface area (Å²) in [6.07, 6.45) is 0.244. The normalized spacial score (nSPS) is 27.4. The van der Waals surface area contributed by atoms with E-state index in [0.29, 0.717) is 43.3 Å². The van der Waals surface area contributed by atoms with Gasteiger partial charge in [0.05, 0.1) is 6.10 Å². The van der Waals surface area contributed by atoms with Gasteiger partial charge in [0.1, 0.15) is 18.8 Å². The van der Waals surface area contributed by atoms with Crippen LogP contribution in [0.15, 0.2) is 18.2 Å². The van der Waals surface area contributed by atoms with Gasteiger partial charge < -0.3 is 24.6 Å². The molecule has 1 aromatic carbocycles. The first-order chi connectivity index (χ1) is 10.1. The second kappa shape index (κ2) is 5.54. The van der Waals surface area contributed by atoms with Gasteiger partial charge in [0.15, 0.2) is 11.5 Å². The van der Waals surface area contributed by atoms with Crippen LogP contribution in [0.5, 0.6) is 11.5 Å². The van der Waals surface area contributed by atoms with Crippen molar-refractivity contribution >= 4 is 5.91 Å². The maximum atomic E-state index is 12.2. The Labute approximate surface area is 123 Å². The molecule has 2 aliphatic rings. The van der Waals surface area contributed by atoms with Crippen LogP contribution in [-0.2, 0) is 4.74 Å². The van der Waals surface area contributed by atoms with Crippen LogP contribution in [0.4, 0.5) is 0 Å². The number of rotatable bonds is 3. The molecule has 1 aromatic rings. The number of hydrogen-bond donors (Lipinski definition) is 2. The quantitative estimate of drug-likeness (QED) is 0.859. The van der Waals surface area contributed by atoms with E-state index < -0.39 is 5.60 Å². The van der Waals surface area contributed by atoms with Gasteiger partial charge in [0.2, 0.25) is 0 Å². The van der Waals surface area contributed by atoms with Gasteiger partial charge in [0.25, 0.3) is 5.91 Å².